The Morgan fingerprint density at radius 3 is 2.50 bits per heavy atom. The van der Waals surface area contributed by atoms with Gasteiger partial charge in [-0.1, -0.05) is 59.8 Å². The Hall–Kier alpha value is -4.73. The average molecular weight is 487 g/mol. The van der Waals surface area contributed by atoms with Gasteiger partial charge in [-0.3, -0.25) is 4.79 Å². The Morgan fingerprint density at radius 1 is 0.917 bits per heavy atom. The van der Waals surface area contributed by atoms with Gasteiger partial charge in [-0.15, -0.1) is 0 Å². The van der Waals surface area contributed by atoms with Crippen LogP contribution in [-0.4, -0.2) is 24.3 Å². The molecule has 6 rings (SSSR count). The van der Waals surface area contributed by atoms with E-state index in [1.807, 2.05) is 42.5 Å². The predicted octanol–water partition coefficient (Wildman–Crippen LogP) is 5.43. The quantitative estimate of drug-likeness (QED) is 0.331. The van der Waals surface area contributed by atoms with Gasteiger partial charge in [0.15, 0.2) is 0 Å². The normalized spacial score (nSPS) is 12.0. The lowest BCUT2D eigenvalue weighted by molar-refractivity contribution is -0.137. The van der Waals surface area contributed by atoms with Crippen LogP contribution in [0.5, 0.6) is 0 Å². The standard InChI is InChI=1S/C26H16F3N5O2/c27-26(28,29)18-10-8-17(9-11-18)24-30-23(36-32-24)15-33-12-13-34-22(25(33)35)14-21(31-34)20-7-3-5-16-4-1-2-6-19(16)20/h1-14H,15H2. The maximum absolute atomic E-state index is 13.2. The second-order valence-corrected chi connectivity index (χ2v) is 8.20. The van der Waals surface area contributed by atoms with Crippen LogP contribution in [0.15, 0.2) is 94.5 Å². The molecule has 0 aliphatic rings. The van der Waals surface area contributed by atoms with E-state index < -0.39 is 11.7 Å². The van der Waals surface area contributed by atoms with E-state index in [-0.39, 0.29) is 23.8 Å². The van der Waals surface area contributed by atoms with Gasteiger partial charge in [0, 0.05) is 23.5 Å². The first-order valence-corrected chi connectivity index (χ1v) is 10.9. The molecule has 10 heteroatoms. The van der Waals surface area contributed by atoms with Crippen molar-refractivity contribution >= 4 is 16.3 Å². The second-order valence-electron chi connectivity index (χ2n) is 8.20. The molecule has 0 atom stereocenters. The lowest BCUT2D eigenvalue weighted by atomic mass is 10.0. The van der Waals surface area contributed by atoms with E-state index in [4.69, 9.17) is 4.52 Å². The minimum Gasteiger partial charge on any atom is -0.337 e. The number of hydrogen-bond acceptors (Lipinski definition) is 5. The molecular formula is C26H16F3N5O2. The minimum atomic E-state index is -4.43. The van der Waals surface area contributed by atoms with E-state index in [1.54, 1.807) is 18.5 Å². The number of nitrogens with zero attached hydrogens (tertiary/aromatic N) is 5. The van der Waals surface area contributed by atoms with Crippen LogP contribution >= 0.6 is 0 Å². The van der Waals surface area contributed by atoms with Crippen LogP contribution in [0.2, 0.25) is 0 Å². The zero-order valence-corrected chi connectivity index (χ0v) is 18.5. The Labute approximate surface area is 201 Å². The van der Waals surface area contributed by atoms with Gasteiger partial charge in [0.2, 0.25) is 11.7 Å². The first-order chi connectivity index (χ1) is 17.4. The first-order valence-electron chi connectivity index (χ1n) is 10.9. The molecule has 0 saturated carbocycles. The van der Waals surface area contributed by atoms with Crippen molar-refractivity contribution in [2.45, 2.75) is 12.7 Å². The summed E-state index contributed by atoms with van der Waals surface area (Å²) in [6, 6.07) is 20.1. The maximum Gasteiger partial charge on any atom is 0.416 e. The van der Waals surface area contributed by atoms with Crippen molar-refractivity contribution in [2.75, 3.05) is 0 Å². The van der Waals surface area contributed by atoms with Crippen LogP contribution in [0.3, 0.4) is 0 Å². The van der Waals surface area contributed by atoms with E-state index in [9.17, 15) is 18.0 Å². The van der Waals surface area contributed by atoms with E-state index in [2.05, 4.69) is 15.2 Å². The van der Waals surface area contributed by atoms with Crippen LogP contribution in [0.4, 0.5) is 13.2 Å². The van der Waals surface area contributed by atoms with Crippen molar-refractivity contribution in [1.82, 2.24) is 24.3 Å². The van der Waals surface area contributed by atoms with Crippen LogP contribution in [0, 0.1) is 0 Å². The summed E-state index contributed by atoms with van der Waals surface area (Å²) in [6.07, 6.45) is -1.20. The van der Waals surface area contributed by atoms with Crippen molar-refractivity contribution in [3.05, 3.63) is 107 Å². The summed E-state index contributed by atoms with van der Waals surface area (Å²) in [5.74, 6) is 0.278. The third-order valence-electron chi connectivity index (χ3n) is 5.91. The molecule has 0 aliphatic carbocycles. The van der Waals surface area contributed by atoms with Crippen molar-refractivity contribution < 1.29 is 17.7 Å². The summed E-state index contributed by atoms with van der Waals surface area (Å²) in [5.41, 5.74) is 1.27. The number of halogens is 3. The molecule has 3 aromatic carbocycles. The van der Waals surface area contributed by atoms with E-state index in [0.717, 1.165) is 28.5 Å². The highest BCUT2D eigenvalue weighted by Crippen LogP contribution is 2.31. The lowest BCUT2D eigenvalue weighted by Crippen LogP contribution is -2.21. The van der Waals surface area contributed by atoms with Gasteiger partial charge in [-0.05, 0) is 29.0 Å². The van der Waals surface area contributed by atoms with E-state index >= 15 is 0 Å². The number of rotatable bonds is 4. The molecule has 0 N–H and O–H groups in total. The third kappa shape index (κ3) is 3.82. The molecule has 0 bridgehead atoms. The minimum absolute atomic E-state index is 0.00223. The molecule has 0 radical (unpaired) electrons. The van der Waals surface area contributed by atoms with E-state index in [0.29, 0.717) is 16.8 Å². The van der Waals surface area contributed by atoms with Crippen molar-refractivity contribution in [2.24, 2.45) is 0 Å². The highest BCUT2D eigenvalue weighted by Gasteiger charge is 2.30. The van der Waals surface area contributed by atoms with Crippen molar-refractivity contribution in [3.8, 4) is 22.6 Å². The summed E-state index contributed by atoms with van der Waals surface area (Å²) < 4.78 is 46.6. The Balaban J connectivity index is 1.30. The topological polar surface area (TPSA) is 78.2 Å². The molecule has 3 heterocycles. The highest BCUT2D eigenvalue weighted by molar-refractivity contribution is 5.96. The van der Waals surface area contributed by atoms with Gasteiger partial charge in [-0.2, -0.15) is 23.3 Å². The first kappa shape index (κ1) is 21.8. The number of hydrogen-bond donors (Lipinski definition) is 0. The average Bonchev–Trinajstić information content (AvgIpc) is 3.53. The van der Waals surface area contributed by atoms with Gasteiger partial charge in [0.25, 0.3) is 5.56 Å². The Bertz CT molecular complexity index is 1780. The third-order valence-corrected chi connectivity index (χ3v) is 5.91. The van der Waals surface area contributed by atoms with Crippen molar-refractivity contribution in [1.29, 1.82) is 0 Å². The molecule has 6 aromatic rings. The molecule has 178 valence electrons. The van der Waals surface area contributed by atoms with E-state index in [1.165, 1.54) is 21.2 Å². The fourth-order valence-electron chi connectivity index (χ4n) is 4.12. The number of alkyl halides is 3. The number of benzene rings is 3. The Morgan fingerprint density at radius 2 is 1.69 bits per heavy atom. The summed E-state index contributed by atoms with van der Waals surface area (Å²) >= 11 is 0. The lowest BCUT2D eigenvalue weighted by Gasteiger charge is -2.05. The molecule has 0 fully saturated rings. The van der Waals surface area contributed by atoms with Crippen LogP contribution < -0.4 is 5.56 Å². The molecular weight excluding hydrogens is 471 g/mol. The molecule has 3 aromatic heterocycles. The Kier molecular flexibility index (Phi) is 4.96. The van der Waals surface area contributed by atoms with Gasteiger partial charge < -0.3 is 9.09 Å². The summed E-state index contributed by atoms with van der Waals surface area (Å²) in [4.78, 5) is 17.4. The molecule has 0 saturated heterocycles. The monoisotopic (exact) mass is 487 g/mol. The van der Waals surface area contributed by atoms with Gasteiger partial charge in [0.1, 0.15) is 12.1 Å². The smallest absolute Gasteiger partial charge is 0.337 e. The molecule has 0 aliphatic heterocycles. The molecule has 0 unspecified atom stereocenters. The zero-order valence-electron chi connectivity index (χ0n) is 18.5. The van der Waals surface area contributed by atoms with Gasteiger partial charge >= 0.3 is 6.18 Å². The van der Waals surface area contributed by atoms with Gasteiger partial charge in [-0.25, -0.2) is 4.52 Å². The van der Waals surface area contributed by atoms with Crippen LogP contribution in [-0.2, 0) is 12.7 Å². The largest absolute Gasteiger partial charge is 0.416 e. The van der Waals surface area contributed by atoms with Crippen molar-refractivity contribution in [3.63, 3.8) is 0 Å². The summed E-state index contributed by atoms with van der Waals surface area (Å²) in [7, 11) is 0. The maximum atomic E-state index is 13.2. The predicted molar refractivity (Wildman–Crippen MR) is 126 cm³/mol. The number of fused-ring (bicyclic) bond motifs is 2. The number of aromatic nitrogens is 5. The van der Waals surface area contributed by atoms with Gasteiger partial charge in [0.05, 0.1) is 11.3 Å². The fraction of sp³-hybridized carbons (Fsp3) is 0.0769. The SMILES string of the molecule is O=c1c2cc(-c3cccc4ccccc34)nn2ccn1Cc1nc(-c2ccc(C(F)(F)F)cc2)no1. The van der Waals surface area contributed by atoms with Crippen LogP contribution in [0.25, 0.3) is 38.9 Å². The molecule has 7 nitrogen and oxygen atoms in total. The second kappa shape index (κ2) is 8.19. The highest BCUT2D eigenvalue weighted by atomic mass is 19.4. The summed E-state index contributed by atoms with van der Waals surface area (Å²) in [5, 5.41) is 10.5. The molecule has 0 spiro atoms. The van der Waals surface area contributed by atoms with Crippen LogP contribution in [0.1, 0.15) is 11.5 Å². The molecule has 36 heavy (non-hydrogen) atoms. The molecule has 0 amide bonds. The fourth-order valence-corrected chi connectivity index (χ4v) is 4.12. The zero-order chi connectivity index (χ0) is 24.9. The summed E-state index contributed by atoms with van der Waals surface area (Å²) in [6.45, 7) is -0.00223.